The first-order chi connectivity index (χ1) is 15.4. The summed E-state index contributed by atoms with van der Waals surface area (Å²) in [6.07, 6.45) is 5.57. The smallest absolute Gasteiger partial charge is 0.255 e. The largest absolute Gasteiger partial charge is 0.340 e. The second-order valence-electron chi connectivity index (χ2n) is 7.97. The highest BCUT2D eigenvalue weighted by Crippen LogP contribution is 2.37. The number of carbonyl (C=O) groups excluding carboxylic acids is 2. The summed E-state index contributed by atoms with van der Waals surface area (Å²) in [5.74, 6) is 0.955. The number of nitrogens with one attached hydrogen (secondary N) is 1. The molecule has 3 heterocycles. The Bertz CT molecular complexity index is 1150. The van der Waals surface area contributed by atoms with Crippen molar-refractivity contribution in [2.24, 2.45) is 0 Å². The summed E-state index contributed by atoms with van der Waals surface area (Å²) in [4.78, 5) is 42.8. The molecule has 0 saturated carbocycles. The van der Waals surface area contributed by atoms with E-state index in [2.05, 4.69) is 15.3 Å². The Balaban J connectivity index is 1.76. The van der Waals surface area contributed by atoms with Gasteiger partial charge < -0.3 is 15.1 Å². The van der Waals surface area contributed by atoms with Crippen molar-refractivity contribution in [3.05, 3.63) is 60.6 Å². The van der Waals surface area contributed by atoms with E-state index in [1.165, 1.54) is 0 Å². The molecule has 1 unspecified atom stereocenters. The molecule has 2 amide bonds. The maximum absolute atomic E-state index is 12.9. The van der Waals surface area contributed by atoms with Gasteiger partial charge in [0.2, 0.25) is 5.91 Å². The highest BCUT2D eigenvalue weighted by Gasteiger charge is 2.38. The van der Waals surface area contributed by atoms with Crippen molar-refractivity contribution in [2.75, 3.05) is 22.2 Å². The van der Waals surface area contributed by atoms with E-state index in [1.807, 2.05) is 43.9 Å². The molecule has 164 valence electrons. The molecule has 0 bridgehead atoms. The Kier molecular flexibility index (Phi) is 5.85. The molecule has 4 rings (SSSR count). The number of nitrogens with zero attached hydrogens (tertiary/aromatic N) is 5. The summed E-state index contributed by atoms with van der Waals surface area (Å²) in [6, 6.07) is 10.6. The number of benzene rings is 1. The van der Waals surface area contributed by atoms with Gasteiger partial charge in [0.15, 0.2) is 11.6 Å². The van der Waals surface area contributed by atoms with Gasteiger partial charge in [-0.3, -0.25) is 14.6 Å². The number of fused-ring (bicyclic) bond motifs is 1. The maximum Gasteiger partial charge on any atom is 0.255 e. The standard InChI is InChI=1S/C24H26N6O2/c1-5-19-24(32)29(4)20-14-26-21(28-22(20)30(19)15(2)3)17-11-12-25-13-18(17)27-23(31)16-9-7-6-8-10-16/h6-15,19H,5H2,1-4H3,(H,27,31). The van der Waals surface area contributed by atoms with Gasteiger partial charge in [0.25, 0.3) is 5.91 Å². The fourth-order valence-corrected chi connectivity index (χ4v) is 3.98. The molecule has 1 aliphatic rings. The van der Waals surface area contributed by atoms with Gasteiger partial charge >= 0.3 is 0 Å². The quantitative estimate of drug-likeness (QED) is 0.663. The van der Waals surface area contributed by atoms with Crippen LogP contribution in [0.25, 0.3) is 11.4 Å². The summed E-state index contributed by atoms with van der Waals surface area (Å²) in [5, 5.41) is 2.92. The molecule has 8 nitrogen and oxygen atoms in total. The minimum atomic E-state index is -0.287. The van der Waals surface area contributed by atoms with E-state index in [-0.39, 0.29) is 23.9 Å². The molecular weight excluding hydrogens is 404 g/mol. The van der Waals surface area contributed by atoms with Gasteiger partial charge in [0, 0.05) is 30.4 Å². The molecule has 1 atom stereocenters. The number of likely N-dealkylation sites (N-methyl/N-ethyl adjacent to an activating group) is 1. The Labute approximate surface area is 187 Å². The third-order valence-corrected chi connectivity index (χ3v) is 5.60. The van der Waals surface area contributed by atoms with Crippen LogP contribution >= 0.6 is 0 Å². The summed E-state index contributed by atoms with van der Waals surface area (Å²) < 4.78 is 0. The molecule has 8 heteroatoms. The number of aromatic nitrogens is 3. The lowest BCUT2D eigenvalue weighted by Crippen LogP contribution is -2.54. The van der Waals surface area contributed by atoms with Crippen LogP contribution in [-0.2, 0) is 4.79 Å². The van der Waals surface area contributed by atoms with Gasteiger partial charge in [0.1, 0.15) is 11.7 Å². The molecule has 2 aromatic heterocycles. The Morgan fingerprint density at radius 3 is 2.59 bits per heavy atom. The maximum atomic E-state index is 12.9. The zero-order valence-corrected chi connectivity index (χ0v) is 18.6. The average molecular weight is 431 g/mol. The Hall–Kier alpha value is -3.81. The van der Waals surface area contributed by atoms with Crippen LogP contribution in [0.2, 0.25) is 0 Å². The van der Waals surface area contributed by atoms with E-state index >= 15 is 0 Å². The van der Waals surface area contributed by atoms with Crippen LogP contribution in [0.4, 0.5) is 17.2 Å². The minimum absolute atomic E-state index is 0.0322. The lowest BCUT2D eigenvalue weighted by Gasteiger charge is -2.42. The first kappa shape index (κ1) is 21.4. The third kappa shape index (κ3) is 3.79. The van der Waals surface area contributed by atoms with Crippen LogP contribution in [0.1, 0.15) is 37.6 Å². The highest BCUT2D eigenvalue weighted by molar-refractivity contribution is 6.06. The third-order valence-electron chi connectivity index (χ3n) is 5.60. The monoisotopic (exact) mass is 430 g/mol. The first-order valence-electron chi connectivity index (χ1n) is 10.7. The fourth-order valence-electron chi connectivity index (χ4n) is 3.98. The summed E-state index contributed by atoms with van der Waals surface area (Å²) in [5.41, 5.74) is 2.39. The van der Waals surface area contributed by atoms with Crippen molar-refractivity contribution in [2.45, 2.75) is 39.3 Å². The summed E-state index contributed by atoms with van der Waals surface area (Å²) in [7, 11) is 1.75. The SMILES string of the molecule is CCC1C(=O)N(C)c2cnc(-c3ccncc3NC(=O)c3ccccc3)nc2N1C(C)C. The number of pyridine rings is 1. The summed E-state index contributed by atoms with van der Waals surface area (Å²) in [6.45, 7) is 6.09. The number of hydrogen-bond donors (Lipinski definition) is 1. The molecule has 1 aliphatic heterocycles. The van der Waals surface area contributed by atoms with Gasteiger partial charge in [-0.05, 0) is 38.5 Å². The molecule has 32 heavy (non-hydrogen) atoms. The van der Waals surface area contributed by atoms with Gasteiger partial charge in [0.05, 0.1) is 18.1 Å². The number of rotatable bonds is 5. The number of carbonyl (C=O) groups is 2. The van der Waals surface area contributed by atoms with Crippen LogP contribution in [0.15, 0.2) is 55.0 Å². The predicted octanol–water partition coefficient (Wildman–Crippen LogP) is 3.76. The van der Waals surface area contributed by atoms with Gasteiger partial charge in [-0.15, -0.1) is 0 Å². The van der Waals surface area contributed by atoms with Crippen molar-refractivity contribution in [3.8, 4) is 11.4 Å². The normalized spacial score (nSPS) is 15.7. The predicted molar refractivity (Wildman–Crippen MR) is 125 cm³/mol. The minimum Gasteiger partial charge on any atom is -0.340 e. The van der Waals surface area contributed by atoms with Gasteiger partial charge in [-0.1, -0.05) is 25.1 Å². The van der Waals surface area contributed by atoms with Crippen LogP contribution in [0.3, 0.4) is 0 Å². The van der Waals surface area contributed by atoms with Gasteiger partial charge in [-0.25, -0.2) is 9.97 Å². The van der Waals surface area contributed by atoms with Crippen LogP contribution in [0, 0.1) is 0 Å². The van der Waals surface area contributed by atoms with E-state index < -0.39 is 0 Å². The molecule has 0 aliphatic carbocycles. The van der Waals surface area contributed by atoms with Crippen LogP contribution in [0.5, 0.6) is 0 Å². The van der Waals surface area contributed by atoms with E-state index in [0.29, 0.717) is 40.6 Å². The Morgan fingerprint density at radius 2 is 1.91 bits per heavy atom. The second-order valence-corrected chi connectivity index (χ2v) is 7.97. The molecular formula is C24H26N6O2. The highest BCUT2D eigenvalue weighted by atomic mass is 16.2. The number of anilines is 3. The molecule has 0 fully saturated rings. The average Bonchev–Trinajstić information content (AvgIpc) is 2.81. The van der Waals surface area contributed by atoms with Crippen molar-refractivity contribution in [3.63, 3.8) is 0 Å². The van der Waals surface area contributed by atoms with Crippen molar-refractivity contribution in [1.82, 2.24) is 15.0 Å². The molecule has 1 N–H and O–H groups in total. The van der Waals surface area contributed by atoms with Crippen LogP contribution < -0.4 is 15.1 Å². The van der Waals surface area contributed by atoms with E-state index in [1.54, 1.807) is 48.7 Å². The summed E-state index contributed by atoms with van der Waals surface area (Å²) >= 11 is 0. The van der Waals surface area contributed by atoms with E-state index in [9.17, 15) is 9.59 Å². The van der Waals surface area contributed by atoms with Crippen molar-refractivity contribution >= 4 is 29.0 Å². The van der Waals surface area contributed by atoms with Crippen molar-refractivity contribution in [1.29, 1.82) is 0 Å². The van der Waals surface area contributed by atoms with E-state index in [4.69, 9.17) is 4.98 Å². The number of amides is 2. The zero-order valence-electron chi connectivity index (χ0n) is 18.6. The van der Waals surface area contributed by atoms with Crippen LogP contribution in [-0.4, -0.2) is 45.9 Å². The molecule has 1 aromatic carbocycles. The Morgan fingerprint density at radius 1 is 1.16 bits per heavy atom. The lowest BCUT2D eigenvalue weighted by atomic mass is 10.1. The molecule has 0 radical (unpaired) electrons. The zero-order chi connectivity index (χ0) is 22.8. The topological polar surface area (TPSA) is 91.3 Å². The lowest BCUT2D eigenvalue weighted by molar-refractivity contribution is -0.120. The number of hydrogen-bond acceptors (Lipinski definition) is 6. The molecule has 0 spiro atoms. The van der Waals surface area contributed by atoms with Crippen molar-refractivity contribution < 1.29 is 9.59 Å². The fraction of sp³-hybridized carbons (Fsp3) is 0.292. The van der Waals surface area contributed by atoms with E-state index in [0.717, 1.165) is 0 Å². The second kappa shape index (κ2) is 8.74. The van der Waals surface area contributed by atoms with Gasteiger partial charge in [-0.2, -0.15) is 0 Å². The molecule has 0 saturated heterocycles. The first-order valence-corrected chi connectivity index (χ1v) is 10.7. The molecule has 3 aromatic rings.